The third kappa shape index (κ3) is 1.97. The quantitative estimate of drug-likeness (QED) is 0.821. The zero-order valence-corrected chi connectivity index (χ0v) is 11.7. The highest BCUT2D eigenvalue weighted by molar-refractivity contribution is 5.51. The number of fused-ring (bicyclic) bond motifs is 1. The Morgan fingerprint density at radius 1 is 1.15 bits per heavy atom. The van der Waals surface area contributed by atoms with E-state index in [0.717, 1.165) is 36.7 Å². The molecule has 20 heavy (non-hydrogen) atoms. The van der Waals surface area contributed by atoms with E-state index in [-0.39, 0.29) is 0 Å². The third-order valence-corrected chi connectivity index (χ3v) is 5.36. The molecule has 1 aromatic heterocycles. The standard InChI is InChI=1S/C16H20N4/c17-7-14-6-15(4-5-18-14)20-10-16(11-20)19-8-12-2-1-3-13(12)9-19/h4-6,12-13,16H,1-3,8-11H2. The SMILES string of the molecule is N#Cc1cc(N2CC(N3CC4CCCC4C3)C2)ccn1. The number of hydrogen-bond donors (Lipinski definition) is 0. The summed E-state index contributed by atoms with van der Waals surface area (Å²) in [6.07, 6.45) is 6.09. The monoisotopic (exact) mass is 268 g/mol. The smallest absolute Gasteiger partial charge is 0.142 e. The van der Waals surface area contributed by atoms with Gasteiger partial charge in [0.2, 0.25) is 0 Å². The van der Waals surface area contributed by atoms with Crippen LogP contribution in [-0.2, 0) is 0 Å². The maximum Gasteiger partial charge on any atom is 0.142 e. The van der Waals surface area contributed by atoms with Crippen molar-refractivity contribution in [2.24, 2.45) is 11.8 Å². The molecule has 0 bridgehead atoms. The summed E-state index contributed by atoms with van der Waals surface area (Å²) in [5.74, 6) is 1.96. The summed E-state index contributed by atoms with van der Waals surface area (Å²) >= 11 is 0. The molecule has 4 nitrogen and oxygen atoms in total. The number of anilines is 1. The van der Waals surface area contributed by atoms with E-state index in [1.54, 1.807) is 6.20 Å². The first-order valence-electron chi connectivity index (χ1n) is 7.68. The van der Waals surface area contributed by atoms with Crippen LogP contribution in [0.4, 0.5) is 5.69 Å². The molecule has 1 saturated carbocycles. The molecule has 3 aliphatic rings. The van der Waals surface area contributed by atoms with E-state index in [4.69, 9.17) is 5.26 Å². The van der Waals surface area contributed by atoms with Crippen molar-refractivity contribution in [3.8, 4) is 6.07 Å². The van der Waals surface area contributed by atoms with Gasteiger partial charge >= 0.3 is 0 Å². The molecule has 3 fully saturated rings. The highest BCUT2D eigenvalue weighted by atomic mass is 15.3. The van der Waals surface area contributed by atoms with Crippen molar-refractivity contribution in [3.63, 3.8) is 0 Å². The number of hydrogen-bond acceptors (Lipinski definition) is 4. The van der Waals surface area contributed by atoms with Crippen LogP contribution in [0.2, 0.25) is 0 Å². The average molecular weight is 268 g/mol. The lowest BCUT2D eigenvalue weighted by molar-refractivity contribution is 0.190. The van der Waals surface area contributed by atoms with Crippen LogP contribution in [0.3, 0.4) is 0 Å². The lowest BCUT2D eigenvalue weighted by Gasteiger charge is -2.45. The zero-order valence-electron chi connectivity index (χ0n) is 11.7. The topological polar surface area (TPSA) is 43.2 Å². The third-order valence-electron chi connectivity index (χ3n) is 5.36. The molecule has 0 amide bonds. The summed E-state index contributed by atoms with van der Waals surface area (Å²) in [5.41, 5.74) is 1.66. The van der Waals surface area contributed by atoms with Crippen molar-refractivity contribution in [1.29, 1.82) is 5.26 Å². The van der Waals surface area contributed by atoms with Crippen LogP contribution in [0.5, 0.6) is 0 Å². The van der Waals surface area contributed by atoms with E-state index in [0.29, 0.717) is 5.69 Å². The first kappa shape index (κ1) is 12.2. The van der Waals surface area contributed by atoms with Crippen molar-refractivity contribution in [1.82, 2.24) is 9.88 Å². The fourth-order valence-corrected chi connectivity index (χ4v) is 4.14. The maximum atomic E-state index is 8.91. The van der Waals surface area contributed by atoms with Gasteiger partial charge in [0, 0.05) is 44.1 Å². The van der Waals surface area contributed by atoms with Crippen molar-refractivity contribution in [3.05, 3.63) is 24.0 Å². The summed E-state index contributed by atoms with van der Waals surface area (Å²) < 4.78 is 0. The average Bonchev–Trinajstić information content (AvgIpc) is 2.98. The van der Waals surface area contributed by atoms with Gasteiger partial charge in [-0.15, -0.1) is 0 Å². The molecule has 0 aromatic carbocycles. The molecule has 0 spiro atoms. The van der Waals surface area contributed by atoms with E-state index in [1.165, 1.54) is 32.4 Å². The minimum atomic E-state index is 0.515. The van der Waals surface area contributed by atoms with Gasteiger partial charge in [0.25, 0.3) is 0 Å². The van der Waals surface area contributed by atoms with Crippen molar-refractivity contribution < 1.29 is 0 Å². The van der Waals surface area contributed by atoms with Crippen molar-refractivity contribution >= 4 is 5.69 Å². The second-order valence-electron chi connectivity index (χ2n) is 6.47. The highest BCUT2D eigenvalue weighted by Gasteiger charge is 2.42. The minimum absolute atomic E-state index is 0.515. The Morgan fingerprint density at radius 3 is 2.60 bits per heavy atom. The Bertz CT molecular complexity index is 532. The number of aromatic nitrogens is 1. The maximum absolute atomic E-state index is 8.91. The van der Waals surface area contributed by atoms with Crippen LogP contribution in [0.1, 0.15) is 25.0 Å². The summed E-state index contributed by atoms with van der Waals surface area (Å²) in [5, 5.41) is 8.91. The van der Waals surface area contributed by atoms with Gasteiger partial charge in [0.15, 0.2) is 0 Å². The second kappa shape index (κ2) is 4.75. The second-order valence-corrected chi connectivity index (χ2v) is 6.47. The van der Waals surface area contributed by atoms with Crippen LogP contribution in [0.15, 0.2) is 18.3 Å². The van der Waals surface area contributed by atoms with Gasteiger partial charge in [-0.2, -0.15) is 5.26 Å². The molecule has 0 N–H and O–H groups in total. The predicted molar refractivity (Wildman–Crippen MR) is 77.4 cm³/mol. The Hall–Kier alpha value is -1.60. The van der Waals surface area contributed by atoms with Gasteiger partial charge < -0.3 is 4.90 Å². The molecule has 0 radical (unpaired) electrons. The van der Waals surface area contributed by atoms with Crippen LogP contribution >= 0.6 is 0 Å². The normalized spacial score (nSPS) is 30.1. The summed E-state index contributed by atoms with van der Waals surface area (Å²) in [7, 11) is 0. The van der Waals surface area contributed by atoms with Gasteiger partial charge in [-0.25, -0.2) is 4.98 Å². The van der Waals surface area contributed by atoms with E-state index < -0.39 is 0 Å². The molecule has 2 aliphatic heterocycles. The Kier molecular flexibility index (Phi) is 2.89. The summed E-state index contributed by atoms with van der Waals surface area (Å²) in [6, 6.07) is 6.74. The van der Waals surface area contributed by atoms with Gasteiger partial charge in [-0.3, -0.25) is 4.90 Å². The van der Waals surface area contributed by atoms with Gasteiger partial charge in [0.1, 0.15) is 11.8 Å². The Morgan fingerprint density at radius 2 is 1.90 bits per heavy atom. The van der Waals surface area contributed by atoms with E-state index >= 15 is 0 Å². The molecular weight excluding hydrogens is 248 g/mol. The van der Waals surface area contributed by atoms with Gasteiger partial charge in [-0.1, -0.05) is 6.42 Å². The Labute approximate surface area is 120 Å². The van der Waals surface area contributed by atoms with Crippen molar-refractivity contribution in [2.45, 2.75) is 25.3 Å². The number of nitriles is 1. The number of pyridine rings is 1. The fraction of sp³-hybridized carbons (Fsp3) is 0.625. The number of likely N-dealkylation sites (tertiary alicyclic amines) is 1. The largest absolute Gasteiger partial charge is 0.368 e. The van der Waals surface area contributed by atoms with E-state index in [9.17, 15) is 0 Å². The molecule has 4 rings (SSSR count). The van der Waals surface area contributed by atoms with Gasteiger partial charge in [0.05, 0.1) is 0 Å². The van der Waals surface area contributed by atoms with Crippen LogP contribution < -0.4 is 4.90 Å². The predicted octanol–water partition coefficient (Wildman–Crippen LogP) is 1.87. The summed E-state index contributed by atoms with van der Waals surface area (Å²) in [6.45, 7) is 4.86. The van der Waals surface area contributed by atoms with Crippen LogP contribution in [0, 0.1) is 23.2 Å². The minimum Gasteiger partial charge on any atom is -0.368 e. The summed E-state index contributed by atoms with van der Waals surface area (Å²) in [4.78, 5) is 9.10. The van der Waals surface area contributed by atoms with E-state index in [2.05, 4.69) is 20.9 Å². The molecule has 2 atom stereocenters. The van der Waals surface area contributed by atoms with Crippen molar-refractivity contribution in [2.75, 3.05) is 31.1 Å². The highest BCUT2D eigenvalue weighted by Crippen LogP contribution is 2.39. The molecule has 2 unspecified atom stereocenters. The number of nitrogens with zero attached hydrogens (tertiary/aromatic N) is 4. The number of rotatable bonds is 2. The molecule has 3 heterocycles. The first-order chi connectivity index (χ1) is 9.83. The van der Waals surface area contributed by atoms with Gasteiger partial charge in [-0.05, 0) is 36.8 Å². The molecular formula is C16H20N4. The Balaban J connectivity index is 1.37. The lowest BCUT2D eigenvalue weighted by Crippen LogP contribution is -2.59. The van der Waals surface area contributed by atoms with Crippen LogP contribution in [-0.4, -0.2) is 42.1 Å². The van der Waals surface area contributed by atoms with E-state index in [1.807, 2.05) is 12.1 Å². The molecule has 1 aliphatic carbocycles. The first-order valence-corrected chi connectivity index (χ1v) is 7.68. The molecule has 1 aromatic rings. The van der Waals surface area contributed by atoms with Crippen LogP contribution in [0.25, 0.3) is 0 Å². The lowest BCUT2D eigenvalue weighted by atomic mass is 10.0. The molecule has 104 valence electrons. The molecule has 2 saturated heterocycles. The molecule has 4 heteroatoms. The fourth-order valence-electron chi connectivity index (χ4n) is 4.14. The zero-order chi connectivity index (χ0) is 13.5.